The molecule has 1 aromatic rings. The van der Waals surface area contributed by atoms with Gasteiger partial charge in [-0.3, -0.25) is 4.79 Å². The number of rotatable bonds is 4. The Bertz CT molecular complexity index is 340. The summed E-state index contributed by atoms with van der Waals surface area (Å²) in [6.07, 6.45) is 3.75. The predicted molar refractivity (Wildman–Crippen MR) is 55.3 cm³/mol. The molecule has 0 radical (unpaired) electrons. The Balaban J connectivity index is 1.87. The van der Waals surface area contributed by atoms with Crippen molar-refractivity contribution in [3.8, 4) is 0 Å². The maximum atomic E-state index is 10.7. The summed E-state index contributed by atoms with van der Waals surface area (Å²) in [5, 5.41) is 9.61. The van der Waals surface area contributed by atoms with E-state index in [1.54, 1.807) is 6.07 Å². The van der Waals surface area contributed by atoms with Crippen molar-refractivity contribution in [3.05, 3.63) is 22.5 Å². The second-order valence-corrected chi connectivity index (χ2v) is 3.84. The molecular formula is C10H15N3O. The molecule has 4 heteroatoms. The van der Waals surface area contributed by atoms with Gasteiger partial charge in [0.2, 0.25) is 0 Å². The molecule has 76 valence electrons. The Labute approximate surface area is 82.7 Å². The number of hydrogen-bond acceptors (Lipinski definition) is 3. The zero-order valence-electron chi connectivity index (χ0n) is 8.29. The van der Waals surface area contributed by atoms with Gasteiger partial charge in [-0.05, 0) is 24.8 Å². The van der Waals surface area contributed by atoms with Gasteiger partial charge in [0.1, 0.15) is 5.82 Å². The summed E-state index contributed by atoms with van der Waals surface area (Å²) in [5.41, 5.74) is -0.156. The van der Waals surface area contributed by atoms with Crippen LogP contribution in [-0.2, 0) is 0 Å². The first-order valence-corrected chi connectivity index (χ1v) is 5.12. The first-order valence-electron chi connectivity index (χ1n) is 5.12. The van der Waals surface area contributed by atoms with Crippen LogP contribution in [-0.4, -0.2) is 16.2 Å². The molecule has 1 aliphatic rings. The van der Waals surface area contributed by atoms with Crippen molar-refractivity contribution in [1.29, 1.82) is 0 Å². The van der Waals surface area contributed by atoms with Gasteiger partial charge >= 0.3 is 0 Å². The van der Waals surface area contributed by atoms with Crippen LogP contribution in [0.2, 0.25) is 0 Å². The summed E-state index contributed by atoms with van der Waals surface area (Å²) in [5.74, 6) is 1.57. The lowest BCUT2D eigenvalue weighted by Crippen LogP contribution is -2.11. The van der Waals surface area contributed by atoms with Crippen LogP contribution in [0.15, 0.2) is 16.9 Å². The van der Waals surface area contributed by atoms with Crippen molar-refractivity contribution in [2.24, 2.45) is 5.92 Å². The summed E-state index contributed by atoms with van der Waals surface area (Å²) < 4.78 is 0. The van der Waals surface area contributed by atoms with E-state index in [1.807, 2.05) is 0 Å². The van der Waals surface area contributed by atoms with Gasteiger partial charge in [-0.2, -0.15) is 5.10 Å². The predicted octanol–water partition coefficient (Wildman–Crippen LogP) is 1.37. The first kappa shape index (κ1) is 9.24. The number of nitrogens with zero attached hydrogens (tertiary/aromatic N) is 1. The highest BCUT2D eigenvalue weighted by atomic mass is 16.1. The molecule has 2 unspecified atom stereocenters. The monoisotopic (exact) mass is 193 g/mol. The third-order valence-electron chi connectivity index (χ3n) is 2.59. The van der Waals surface area contributed by atoms with Crippen molar-refractivity contribution in [2.75, 3.05) is 5.32 Å². The summed E-state index contributed by atoms with van der Waals surface area (Å²) in [7, 11) is 0. The maximum Gasteiger partial charge on any atom is 0.264 e. The van der Waals surface area contributed by atoms with Crippen LogP contribution in [0.1, 0.15) is 26.2 Å². The third kappa shape index (κ3) is 2.13. The molecule has 0 bridgehead atoms. The Hall–Kier alpha value is -1.32. The Morgan fingerprint density at radius 2 is 2.50 bits per heavy atom. The molecule has 2 N–H and O–H groups in total. The largest absolute Gasteiger partial charge is 0.366 e. The minimum Gasteiger partial charge on any atom is -0.366 e. The van der Waals surface area contributed by atoms with E-state index < -0.39 is 0 Å². The van der Waals surface area contributed by atoms with Crippen molar-refractivity contribution >= 4 is 5.82 Å². The van der Waals surface area contributed by atoms with Gasteiger partial charge in [0, 0.05) is 12.1 Å². The van der Waals surface area contributed by atoms with Gasteiger partial charge in [-0.15, -0.1) is 0 Å². The highest BCUT2D eigenvalue weighted by molar-refractivity contribution is 5.35. The van der Waals surface area contributed by atoms with E-state index in [2.05, 4.69) is 22.4 Å². The van der Waals surface area contributed by atoms with Gasteiger partial charge in [0.25, 0.3) is 5.56 Å². The van der Waals surface area contributed by atoms with E-state index in [9.17, 15) is 4.79 Å². The lowest BCUT2D eigenvalue weighted by atomic mass is 10.2. The number of anilines is 1. The Kier molecular flexibility index (Phi) is 2.52. The van der Waals surface area contributed by atoms with Gasteiger partial charge in [-0.25, -0.2) is 5.10 Å². The fourth-order valence-corrected chi connectivity index (χ4v) is 1.73. The van der Waals surface area contributed by atoms with Crippen LogP contribution in [0.5, 0.6) is 0 Å². The van der Waals surface area contributed by atoms with E-state index in [-0.39, 0.29) is 5.56 Å². The maximum absolute atomic E-state index is 10.7. The van der Waals surface area contributed by atoms with E-state index in [0.29, 0.717) is 6.04 Å². The lowest BCUT2D eigenvalue weighted by Gasteiger charge is -2.02. The van der Waals surface area contributed by atoms with E-state index in [0.717, 1.165) is 11.7 Å². The average Bonchev–Trinajstić information content (AvgIpc) is 2.89. The topological polar surface area (TPSA) is 57.8 Å². The summed E-state index contributed by atoms with van der Waals surface area (Å²) in [4.78, 5) is 10.7. The van der Waals surface area contributed by atoms with E-state index >= 15 is 0 Å². The molecule has 0 spiro atoms. The minimum atomic E-state index is -0.156. The quantitative estimate of drug-likeness (QED) is 0.759. The Morgan fingerprint density at radius 3 is 3.14 bits per heavy atom. The van der Waals surface area contributed by atoms with E-state index in [4.69, 9.17) is 0 Å². The fraction of sp³-hybridized carbons (Fsp3) is 0.600. The second kappa shape index (κ2) is 3.82. The molecule has 1 fully saturated rings. The zero-order valence-corrected chi connectivity index (χ0v) is 8.29. The molecule has 1 aromatic heterocycles. The highest BCUT2D eigenvalue weighted by Crippen LogP contribution is 2.36. The van der Waals surface area contributed by atoms with Crippen LogP contribution in [0.4, 0.5) is 5.82 Å². The summed E-state index contributed by atoms with van der Waals surface area (Å²) >= 11 is 0. The number of hydrogen-bond donors (Lipinski definition) is 2. The molecule has 4 nitrogen and oxygen atoms in total. The van der Waals surface area contributed by atoms with Gasteiger partial charge in [-0.1, -0.05) is 13.3 Å². The molecule has 2 atom stereocenters. The third-order valence-corrected chi connectivity index (χ3v) is 2.59. The van der Waals surface area contributed by atoms with Gasteiger partial charge in [0.05, 0.1) is 0 Å². The van der Waals surface area contributed by atoms with Gasteiger partial charge < -0.3 is 5.32 Å². The molecule has 0 aliphatic heterocycles. The number of nitrogens with one attached hydrogen (secondary N) is 2. The van der Waals surface area contributed by atoms with Gasteiger partial charge in [0.15, 0.2) is 0 Å². The van der Waals surface area contributed by atoms with Crippen molar-refractivity contribution in [2.45, 2.75) is 32.2 Å². The standard InChI is InChI=1S/C10H15N3O/c1-2-3-7-6-8(7)11-9-4-5-10(14)13-12-9/h4-5,7-8H,2-3,6H2,1H3,(H,11,12)(H,13,14). The molecule has 0 aromatic carbocycles. The van der Waals surface area contributed by atoms with Crippen LogP contribution in [0.3, 0.4) is 0 Å². The zero-order chi connectivity index (χ0) is 9.97. The molecule has 1 aliphatic carbocycles. The van der Waals surface area contributed by atoms with E-state index in [1.165, 1.54) is 25.3 Å². The second-order valence-electron chi connectivity index (χ2n) is 3.84. The fourth-order valence-electron chi connectivity index (χ4n) is 1.73. The minimum absolute atomic E-state index is 0.156. The molecular weight excluding hydrogens is 178 g/mol. The van der Waals surface area contributed by atoms with Crippen LogP contribution in [0, 0.1) is 5.92 Å². The van der Waals surface area contributed by atoms with Crippen molar-refractivity contribution < 1.29 is 0 Å². The lowest BCUT2D eigenvalue weighted by molar-refractivity contribution is 0.691. The summed E-state index contributed by atoms with van der Waals surface area (Å²) in [6, 6.07) is 3.78. The average molecular weight is 193 g/mol. The number of aromatic amines is 1. The molecule has 2 rings (SSSR count). The SMILES string of the molecule is CCCC1CC1Nc1ccc(=O)[nH]n1. The molecule has 14 heavy (non-hydrogen) atoms. The van der Waals surface area contributed by atoms with Crippen LogP contribution >= 0.6 is 0 Å². The summed E-state index contributed by atoms with van der Waals surface area (Å²) in [6.45, 7) is 2.20. The van der Waals surface area contributed by atoms with Crippen LogP contribution in [0.25, 0.3) is 0 Å². The molecule has 1 saturated carbocycles. The number of H-pyrrole nitrogens is 1. The van der Waals surface area contributed by atoms with Crippen molar-refractivity contribution in [3.63, 3.8) is 0 Å². The first-order chi connectivity index (χ1) is 6.79. The normalized spacial score (nSPS) is 24.6. The van der Waals surface area contributed by atoms with Crippen LogP contribution < -0.4 is 10.9 Å². The molecule has 1 heterocycles. The highest BCUT2D eigenvalue weighted by Gasteiger charge is 2.35. The smallest absolute Gasteiger partial charge is 0.264 e. The number of aromatic nitrogens is 2. The van der Waals surface area contributed by atoms with Crippen molar-refractivity contribution in [1.82, 2.24) is 10.2 Å². The molecule has 0 saturated heterocycles. The Morgan fingerprint density at radius 1 is 1.64 bits per heavy atom. The molecule has 0 amide bonds.